The van der Waals surface area contributed by atoms with Crippen LogP contribution in [0.15, 0.2) is 42.9 Å². The summed E-state index contributed by atoms with van der Waals surface area (Å²) in [6.07, 6.45) is 5.16. The summed E-state index contributed by atoms with van der Waals surface area (Å²) < 4.78 is 5.39. The SMILES string of the molecule is Cc1c[nH]c2nc(Nc3cn[nH]c3C(=O)Nc3ccc(CN4CCOCC4)cc3)ncc12. The summed E-state index contributed by atoms with van der Waals surface area (Å²) in [6, 6.07) is 7.86. The Bertz CT molecular complexity index is 1220. The van der Waals surface area contributed by atoms with E-state index in [0.717, 1.165) is 49.4 Å². The second-order valence-corrected chi connectivity index (χ2v) is 7.75. The molecule has 4 heterocycles. The number of morpholine rings is 1. The van der Waals surface area contributed by atoms with Crippen LogP contribution < -0.4 is 10.6 Å². The Morgan fingerprint density at radius 1 is 1.19 bits per heavy atom. The zero-order valence-electron chi connectivity index (χ0n) is 17.7. The number of hydrogen-bond donors (Lipinski definition) is 4. The van der Waals surface area contributed by atoms with Gasteiger partial charge in [-0.15, -0.1) is 0 Å². The molecule has 0 spiro atoms. The molecule has 164 valence electrons. The molecule has 0 unspecified atom stereocenters. The third-order valence-electron chi connectivity index (χ3n) is 5.47. The smallest absolute Gasteiger partial charge is 0.275 e. The number of amides is 1. The van der Waals surface area contributed by atoms with Crippen LogP contribution in [0.3, 0.4) is 0 Å². The van der Waals surface area contributed by atoms with Crippen molar-refractivity contribution in [2.75, 3.05) is 36.9 Å². The highest BCUT2D eigenvalue weighted by Gasteiger charge is 2.16. The lowest BCUT2D eigenvalue weighted by Gasteiger charge is -2.26. The fourth-order valence-electron chi connectivity index (χ4n) is 3.67. The van der Waals surface area contributed by atoms with Crippen molar-refractivity contribution in [3.05, 3.63) is 59.7 Å². The Labute approximate surface area is 184 Å². The van der Waals surface area contributed by atoms with Crippen LogP contribution in [0.5, 0.6) is 0 Å². The van der Waals surface area contributed by atoms with Gasteiger partial charge in [-0.2, -0.15) is 10.1 Å². The van der Waals surface area contributed by atoms with Crippen LogP contribution >= 0.6 is 0 Å². The third kappa shape index (κ3) is 4.32. The van der Waals surface area contributed by atoms with Crippen LogP contribution in [-0.2, 0) is 11.3 Å². The van der Waals surface area contributed by atoms with E-state index in [1.807, 2.05) is 37.4 Å². The fourth-order valence-corrected chi connectivity index (χ4v) is 3.67. The molecule has 10 nitrogen and oxygen atoms in total. The highest BCUT2D eigenvalue weighted by molar-refractivity contribution is 6.06. The standard InChI is InChI=1S/C22H24N8O2/c1-14-10-23-20-17(14)11-24-22(28-20)27-18-12-25-29-19(18)21(31)26-16-4-2-15(3-5-16)13-30-6-8-32-9-7-30/h2-5,10-12H,6-9,13H2,1H3,(H,25,29)(H,26,31)(H2,23,24,27,28). The van der Waals surface area contributed by atoms with Gasteiger partial charge in [-0.25, -0.2) is 4.98 Å². The number of carbonyl (C=O) groups is 1. The van der Waals surface area contributed by atoms with Gasteiger partial charge in [0.05, 0.1) is 25.1 Å². The quantitative estimate of drug-likeness (QED) is 0.369. The maximum absolute atomic E-state index is 12.8. The second kappa shape index (κ2) is 8.77. The number of carbonyl (C=O) groups excluding carboxylic acids is 1. The lowest BCUT2D eigenvalue weighted by Crippen LogP contribution is -2.35. The Morgan fingerprint density at radius 2 is 2.00 bits per heavy atom. The molecule has 4 N–H and O–H groups in total. The molecular formula is C22H24N8O2. The molecule has 3 aromatic heterocycles. The largest absolute Gasteiger partial charge is 0.379 e. The van der Waals surface area contributed by atoms with Crippen molar-refractivity contribution in [3.63, 3.8) is 0 Å². The van der Waals surface area contributed by atoms with Gasteiger partial charge in [-0.05, 0) is 30.2 Å². The van der Waals surface area contributed by atoms with E-state index in [2.05, 4.69) is 40.7 Å². The molecule has 0 bridgehead atoms. The summed E-state index contributed by atoms with van der Waals surface area (Å²) >= 11 is 0. The topological polar surface area (TPSA) is 124 Å². The summed E-state index contributed by atoms with van der Waals surface area (Å²) in [5.74, 6) is 0.0741. The number of rotatable bonds is 6. The summed E-state index contributed by atoms with van der Waals surface area (Å²) in [6.45, 7) is 6.29. The molecule has 4 aromatic rings. The van der Waals surface area contributed by atoms with Crippen molar-refractivity contribution in [1.82, 2.24) is 30.0 Å². The Balaban J connectivity index is 1.24. The zero-order chi connectivity index (χ0) is 21.9. The number of ether oxygens (including phenoxy) is 1. The fraction of sp³-hybridized carbons (Fsp3) is 0.273. The van der Waals surface area contributed by atoms with Crippen molar-refractivity contribution >= 4 is 34.3 Å². The van der Waals surface area contributed by atoms with Gasteiger partial charge in [-0.3, -0.25) is 14.8 Å². The first kappa shape index (κ1) is 20.2. The highest BCUT2D eigenvalue weighted by atomic mass is 16.5. The average molecular weight is 432 g/mol. The van der Waals surface area contributed by atoms with E-state index in [9.17, 15) is 4.79 Å². The molecule has 5 rings (SSSR count). The average Bonchev–Trinajstić information content (AvgIpc) is 3.42. The molecule has 0 atom stereocenters. The Hall–Kier alpha value is -3.76. The minimum absolute atomic E-state index is 0.300. The maximum Gasteiger partial charge on any atom is 0.275 e. The predicted molar refractivity (Wildman–Crippen MR) is 121 cm³/mol. The van der Waals surface area contributed by atoms with Gasteiger partial charge < -0.3 is 20.4 Å². The molecule has 0 aliphatic carbocycles. The minimum atomic E-state index is -0.303. The highest BCUT2D eigenvalue weighted by Crippen LogP contribution is 2.21. The van der Waals surface area contributed by atoms with Crippen LogP contribution in [0.25, 0.3) is 11.0 Å². The molecule has 1 aliphatic rings. The molecule has 1 amide bonds. The van der Waals surface area contributed by atoms with Crippen LogP contribution in [0.1, 0.15) is 21.6 Å². The number of anilines is 3. The molecule has 10 heteroatoms. The number of aromatic amines is 2. The molecule has 1 aromatic carbocycles. The number of nitrogens with one attached hydrogen (secondary N) is 4. The van der Waals surface area contributed by atoms with Crippen molar-refractivity contribution in [1.29, 1.82) is 0 Å². The number of H-pyrrole nitrogens is 2. The predicted octanol–water partition coefficient (Wildman–Crippen LogP) is 2.82. The Kier molecular flexibility index (Phi) is 5.53. The van der Waals surface area contributed by atoms with Gasteiger partial charge in [0.15, 0.2) is 0 Å². The van der Waals surface area contributed by atoms with Gasteiger partial charge in [0, 0.05) is 43.1 Å². The molecule has 1 saturated heterocycles. The first-order valence-electron chi connectivity index (χ1n) is 10.5. The first-order valence-corrected chi connectivity index (χ1v) is 10.5. The van der Waals surface area contributed by atoms with Crippen LogP contribution in [0, 0.1) is 6.92 Å². The van der Waals surface area contributed by atoms with Gasteiger partial charge in [0.25, 0.3) is 5.91 Å². The van der Waals surface area contributed by atoms with E-state index in [1.165, 1.54) is 11.8 Å². The normalized spacial score (nSPS) is 14.5. The number of nitrogens with zero attached hydrogens (tertiary/aromatic N) is 4. The number of benzene rings is 1. The van der Waals surface area contributed by atoms with E-state index < -0.39 is 0 Å². The van der Waals surface area contributed by atoms with E-state index in [0.29, 0.717) is 23.0 Å². The lowest BCUT2D eigenvalue weighted by atomic mass is 10.2. The van der Waals surface area contributed by atoms with Gasteiger partial charge in [0.1, 0.15) is 11.3 Å². The number of hydrogen-bond acceptors (Lipinski definition) is 7. The summed E-state index contributed by atoms with van der Waals surface area (Å²) in [4.78, 5) is 27.1. The molecular weight excluding hydrogens is 408 g/mol. The third-order valence-corrected chi connectivity index (χ3v) is 5.47. The van der Waals surface area contributed by atoms with Gasteiger partial charge in [0.2, 0.25) is 5.95 Å². The molecule has 0 radical (unpaired) electrons. The van der Waals surface area contributed by atoms with E-state index in [1.54, 1.807) is 6.20 Å². The van der Waals surface area contributed by atoms with E-state index in [-0.39, 0.29) is 5.91 Å². The summed E-state index contributed by atoms with van der Waals surface area (Å²) in [5.41, 5.74) is 4.50. The summed E-state index contributed by atoms with van der Waals surface area (Å²) in [5, 5.41) is 13.7. The van der Waals surface area contributed by atoms with Crippen LogP contribution in [-0.4, -0.2) is 62.3 Å². The number of aromatic nitrogens is 5. The van der Waals surface area contributed by atoms with Crippen LogP contribution in [0.2, 0.25) is 0 Å². The maximum atomic E-state index is 12.8. The second-order valence-electron chi connectivity index (χ2n) is 7.75. The number of aryl methyl sites for hydroxylation is 1. The minimum Gasteiger partial charge on any atom is -0.379 e. The molecule has 32 heavy (non-hydrogen) atoms. The first-order chi connectivity index (χ1) is 15.7. The van der Waals surface area contributed by atoms with Crippen molar-refractivity contribution in [3.8, 4) is 0 Å². The summed E-state index contributed by atoms with van der Waals surface area (Å²) in [7, 11) is 0. The van der Waals surface area contributed by atoms with E-state index >= 15 is 0 Å². The number of fused-ring (bicyclic) bond motifs is 1. The zero-order valence-corrected chi connectivity index (χ0v) is 17.7. The van der Waals surface area contributed by atoms with Crippen molar-refractivity contribution in [2.45, 2.75) is 13.5 Å². The monoisotopic (exact) mass is 432 g/mol. The van der Waals surface area contributed by atoms with Crippen molar-refractivity contribution < 1.29 is 9.53 Å². The molecule has 0 saturated carbocycles. The van der Waals surface area contributed by atoms with Crippen LogP contribution in [0.4, 0.5) is 17.3 Å². The van der Waals surface area contributed by atoms with Gasteiger partial charge in [-0.1, -0.05) is 12.1 Å². The Morgan fingerprint density at radius 3 is 2.81 bits per heavy atom. The molecule has 1 aliphatic heterocycles. The lowest BCUT2D eigenvalue weighted by molar-refractivity contribution is 0.0342. The van der Waals surface area contributed by atoms with Crippen molar-refractivity contribution in [2.24, 2.45) is 0 Å². The van der Waals surface area contributed by atoms with E-state index in [4.69, 9.17) is 4.74 Å². The molecule has 1 fully saturated rings. The van der Waals surface area contributed by atoms with Gasteiger partial charge >= 0.3 is 0 Å².